The Hall–Kier alpha value is -0.800. The molecule has 1 saturated heterocycles. The summed E-state index contributed by atoms with van der Waals surface area (Å²) in [6.07, 6.45) is 4.23. The Bertz CT molecular complexity index is 485. The quantitative estimate of drug-likeness (QED) is 0.852. The fraction of sp³-hybridized carbons (Fsp3) is 0.333. The first-order chi connectivity index (χ1) is 7.36. The predicted molar refractivity (Wildman–Crippen MR) is 63.9 cm³/mol. The minimum atomic E-state index is 0.465. The first-order valence-electron chi connectivity index (χ1n) is 5.25. The largest absolute Gasteiger partial charge is 0.463 e. The van der Waals surface area contributed by atoms with Gasteiger partial charge in [-0.1, -0.05) is 12.1 Å². The number of hydrogen-bond acceptors (Lipinski definition) is 2. The van der Waals surface area contributed by atoms with Gasteiger partial charge in [0.05, 0.1) is 4.47 Å². The average molecular weight is 266 g/mol. The smallest absolute Gasteiger partial charge is 0.139 e. The van der Waals surface area contributed by atoms with Gasteiger partial charge in [0, 0.05) is 17.0 Å². The molecule has 0 radical (unpaired) electrons. The van der Waals surface area contributed by atoms with E-state index in [4.69, 9.17) is 4.42 Å². The van der Waals surface area contributed by atoms with Crippen molar-refractivity contribution in [3.63, 3.8) is 0 Å². The molecule has 1 aliphatic heterocycles. The molecule has 0 saturated carbocycles. The summed E-state index contributed by atoms with van der Waals surface area (Å²) in [4.78, 5) is 0. The molecule has 2 heterocycles. The number of hydrogen-bond donors (Lipinski definition) is 1. The van der Waals surface area contributed by atoms with Crippen LogP contribution < -0.4 is 5.32 Å². The van der Waals surface area contributed by atoms with Crippen LogP contribution in [0.4, 0.5) is 0 Å². The molecule has 1 aliphatic rings. The van der Waals surface area contributed by atoms with Crippen molar-refractivity contribution < 1.29 is 4.42 Å². The van der Waals surface area contributed by atoms with Crippen LogP contribution >= 0.6 is 15.9 Å². The monoisotopic (exact) mass is 265 g/mol. The van der Waals surface area contributed by atoms with Gasteiger partial charge in [-0.3, -0.25) is 0 Å². The van der Waals surface area contributed by atoms with E-state index in [0.717, 1.165) is 16.6 Å². The number of benzene rings is 1. The van der Waals surface area contributed by atoms with Crippen molar-refractivity contribution >= 4 is 26.9 Å². The van der Waals surface area contributed by atoms with Gasteiger partial charge in [-0.25, -0.2) is 0 Å². The van der Waals surface area contributed by atoms with Gasteiger partial charge in [-0.05, 0) is 41.4 Å². The summed E-state index contributed by atoms with van der Waals surface area (Å²) in [7, 11) is 0. The zero-order chi connectivity index (χ0) is 10.3. The summed E-state index contributed by atoms with van der Waals surface area (Å²) < 4.78 is 6.64. The molecule has 3 rings (SSSR count). The standard InChI is InChI=1S/C12H12BrNO/c13-10-7-15-12-8(10)3-1-4-9(12)11-5-2-6-14-11/h1,3-4,7,11,14H,2,5-6H2. The molecule has 78 valence electrons. The van der Waals surface area contributed by atoms with E-state index in [1.54, 1.807) is 6.26 Å². The van der Waals surface area contributed by atoms with E-state index >= 15 is 0 Å². The molecule has 1 N–H and O–H groups in total. The second-order valence-electron chi connectivity index (χ2n) is 3.96. The Labute approximate surface area is 96.8 Å². The summed E-state index contributed by atoms with van der Waals surface area (Å²) in [6, 6.07) is 6.80. The fourth-order valence-corrected chi connectivity index (χ4v) is 2.68. The third-order valence-electron chi connectivity index (χ3n) is 3.02. The first kappa shape index (κ1) is 9.43. The average Bonchev–Trinajstić information content (AvgIpc) is 2.88. The second-order valence-corrected chi connectivity index (χ2v) is 4.81. The molecule has 3 heteroatoms. The highest BCUT2D eigenvalue weighted by Crippen LogP contribution is 2.33. The van der Waals surface area contributed by atoms with Crippen molar-refractivity contribution in [2.75, 3.05) is 6.54 Å². The number of nitrogens with one attached hydrogen (secondary N) is 1. The Morgan fingerprint density at radius 3 is 3.13 bits per heavy atom. The van der Waals surface area contributed by atoms with Crippen LogP contribution in [-0.4, -0.2) is 6.54 Å². The first-order valence-corrected chi connectivity index (χ1v) is 6.04. The van der Waals surface area contributed by atoms with Gasteiger partial charge >= 0.3 is 0 Å². The Morgan fingerprint density at radius 2 is 2.33 bits per heavy atom. The lowest BCUT2D eigenvalue weighted by Crippen LogP contribution is -2.12. The van der Waals surface area contributed by atoms with Gasteiger partial charge in [-0.2, -0.15) is 0 Å². The molecule has 1 atom stereocenters. The third-order valence-corrected chi connectivity index (χ3v) is 3.63. The summed E-state index contributed by atoms with van der Waals surface area (Å²) in [5.74, 6) is 0. The van der Waals surface area contributed by atoms with Crippen LogP contribution in [0.25, 0.3) is 11.0 Å². The van der Waals surface area contributed by atoms with Crippen molar-refractivity contribution in [2.45, 2.75) is 18.9 Å². The maximum absolute atomic E-state index is 5.61. The molecule has 1 fully saturated rings. The zero-order valence-electron chi connectivity index (χ0n) is 8.29. The van der Waals surface area contributed by atoms with Crippen LogP contribution in [0.1, 0.15) is 24.4 Å². The predicted octanol–water partition coefficient (Wildman–Crippen LogP) is 3.62. The lowest BCUT2D eigenvalue weighted by Gasteiger charge is -2.10. The van der Waals surface area contributed by atoms with Gasteiger partial charge in [0.25, 0.3) is 0 Å². The van der Waals surface area contributed by atoms with Crippen LogP contribution in [0.3, 0.4) is 0 Å². The summed E-state index contributed by atoms with van der Waals surface area (Å²) in [5, 5.41) is 4.67. The zero-order valence-corrected chi connectivity index (χ0v) is 9.88. The van der Waals surface area contributed by atoms with Crippen molar-refractivity contribution in [3.05, 3.63) is 34.5 Å². The minimum absolute atomic E-state index is 0.465. The van der Waals surface area contributed by atoms with Crippen LogP contribution in [0.5, 0.6) is 0 Å². The molecule has 1 unspecified atom stereocenters. The minimum Gasteiger partial charge on any atom is -0.463 e. The summed E-state index contributed by atoms with van der Waals surface area (Å²) in [6.45, 7) is 1.11. The van der Waals surface area contributed by atoms with Gasteiger partial charge in [0.15, 0.2) is 0 Å². The number of furan rings is 1. The van der Waals surface area contributed by atoms with E-state index < -0.39 is 0 Å². The maximum Gasteiger partial charge on any atom is 0.139 e. The van der Waals surface area contributed by atoms with Crippen molar-refractivity contribution in [1.82, 2.24) is 5.32 Å². The fourth-order valence-electron chi connectivity index (χ4n) is 2.27. The molecule has 15 heavy (non-hydrogen) atoms. The number of fused-ring (bicyclic) bond motifs is 1. The van der Waals surface area contributed by atoms with E-state index in [2.05, 4.69) is 39.4 Å². The third kappa shape index (κ3) is 1.50. The molecule has 1 aromatic carbocycles. The summed E-state index contributed by atoms with van der Waals surface area (Å²) >= 11 is 3.50. The lowest BCUT2D eigenvalue weighted by atomic mass is 10.0. The molecule has 0 amide bonds. The van der Waals surface area contributed by atoms with Crippen LogP contribution in [0.15, 0.2) is 33.4 Å². The number of para-hydroxylation sites is 1. The van der Waals surface area contributed by atoms with Crippen molar-refractivity contribution in [3.8, 4) is 0 Å². The van der Waals surface area contributed by atoms with Gasteiger partial charge in [0.1, 0.15) is 11.8 Å². The normalized spacial score (nSPS) is 21.3. The molecule has 2 nitrogen and oxygen atoms in total. The van der Waals surface area contributed by atoms with Gasteiger partial charge in [-0.15, -0.1) is 0 Å². The molecule has 0 bridgehead atoms. The van der Waals surface area contributed by atoms with E-state index in [-0.39, 0.29) is 0 Å². The van der Waals surface area contributed by atoms with Crippen LogP contribution in [-0.2, 0) is 0 Å². The van der Waals surface area contributed by atoms with Gasteiger partial charge in [0.2, 0.25) is 0 Å². The highest BCUT2D eigenvalue weighted by Gasteiger charge is 2.20. The Kier molecular flexibility index (Phi) is 2.29. The highest BCUT2D eigenvalue weighted by molar-refractivity contribution is 9.10. The SMILES string of the molecule is Brc1coc2c(C3CCCN3)cccc12. The topological polar surface area (TPSA) is 25.2 Å². The van der Waals surface area contributed by atoms with E-state index in [9.17, 15) is 0 Å². The van der Waals surface area contributed by atoms with Crippen LogP contribution in [0, 0.1) is 0 Å². The maximum atomic E-state index is 5.61. The van der Waals surface area contributed by atoms with Gasteiger partial charge < -0.3 is 9.73 Å². The molecule has 0 aliphatic carbocycles. The molecule has 1 aromatic heterocycles. The molecular weight excluding hydrogens is 254 g/mol. The second kappa shape index (κ2) is 3.65. The van der Waals surface area contributed by atoms with Crippen LogP contribution in [0.2, 0.25) is 0 Å². The van der Waals surface area contributed by atoms with E-state index in [1.807, 2.05) is 0 Å². The van der Waals surface area contributed by atoms with Crippen molar-refractivity contribution in [1.29, 1.82) is 0 Å². The van der Waals surface area contributed by atoms with Crippen molar-refractivity contribution in [2.24, 2.45) is 0 Å². The Morgan fingerprint density at radius 1 is 1.40 bits per heavy atom. The molecule has 2 aromatic rings. The molecule has 0 spiro atoms. The summed E-state index contributed by atoms with van der Waals surface area (Å²) in [5.41, 5.74) is 2.31. The van der Waals surface area contributed by atoms with E-state index in [1.165, 1.54) is 23.8 Å². The lowest BCUT2D eigenvalue weighted by molar-refractivity contribution is 0.586. The van der Waals surface area contributed by atoms with E-state index in [0.29, 0.717) is 6.04 Å². The number of rotatable bonds is 1. The molecular formula is C12H12BrNO. The highest BCUT2D eigenvalue weighted by atomic mass is 79.9. The number of halogens is 1. The Balaban J connectivity index is 2.17.